The summed E-state index contributed by atoms with van der Waals surface area (Å²) in [5, 5.41) is -0.876. The summed E-state index contributed by atoms with van der Waals surface area (Å²) < 4.78 is 40.8. The summed E-state index contributed by atoms with van der Waals surface area (Å²) in [6.07, 6.45) is 0. The van der Waals surface area contributed by atoms with Crippen LogP contribution >= 0.6 is 39.1 Å². The van der Waals surface area contributed by atoms with Gasteiger partial charge in [-0.2, -0.15) is 0 Å². The first-order chi connectivity index (χ1) is 8.90. The Morgan fingerprint density at radius 3 is 2.11 bits per heavy atom. The van der Waals surface area contributed by atoms with Crippen molar-refractivity contribution in [3.63, 3.8) is 0 Å². The van der Waals surface area contributed by atoms with Gasteiger partial charge in [0.05, 0.1) is 5.38 Å². The number of hydrogen-bond acceptors (Lipinski definition) is 0. The van der Waals surface area contributed by atoms with Crippen LogP contribution in [0, 0.1) is 17.5 Å². The summed E-state index contributed by atoms with van der Waals surface area (Å²) in [6, 6.07) is 5.93. The molecule has 100 valence electrons. The maximum atomic E-state index is 13.6. The van der Waals surface area contributed by atoms with Crippen molar-refractivity contribution in [3.8, 4) is 0 Å². The van der Waals surface area contributed by atoms with Crippen molar-refractivity contribution < 1.29 is 13.2 Å². The Hall–Kier alpha value is -0.710. The van der Waals surface area contributed by atoms with Crippen molar-refractivity contribution in [2.45, 2.75) is 5.38 Å². The summed E-state index contributed by atoms with van der Waals surface area (Å²) in [5.74, 6) is -3.09. The van der Waals surface area contributed by atoms with Crippen LogP contribution in [-0.2, 0) is 0 Å². The van der Waals surface area contributed by atoms with Gasteiger partial charge in [0, 0.05) is 27.2 Å². The van der Waals surface area contributed by atoms with Crippen LogP contribution in [0.25, 0.3) is 0 Å². The van der Waals surface area contributed by atoms with Crippen molar-refractivity contribution in [3.05, 3.63) is 68.4 Å². The van der Waals surface area contributed by atoms with Gasteiger partial charge in [0.2, 0.25) is 0 Å². The van der Waals surface area contributed by atoms with Gasteiger partial charge < -0.3 is 0 Å². The van der Waals surface area contributed by atoms with E-state index in [0.717, 1.165) is 0 Å². The molecule has 0 aliphatic heterocycles. The van der Waals surface area contributed by atoms with Gasteiger partial charge in [0.1, 0.15) is 17.5 Å². The number of rotatable bonds is 2. The standard InChI is InChI=1S/C13H6BrCl2F3/c14-6-1-2-8(9(15)3-6)13(16)12-10(18)4-7(17)5-11(12)19/h1-5,13H. The van der Waals surface area contributed by atoms with Crippen molar-refractivity contribution >= 4 is 39.1 Å². The van der Waals surface area contributed by atoms with Gasteiger partial charge in [-0.05, 0) is 17.7 Å². The molecule has 2 aromatic rings. The number of benzene rings is 2. The molecule has 0 heterocycles. The van der Waals surface area contributed by atoms with Crippen LogP contribution in [0.1, 0.15) is 16.5 Å². The first-order valence-corrected chi connectivity index (χ1v) is 6.74. The van der Waals surface area contributed by atoms with Crippen LogP contribution < -0.4 is 0 Å². The predicted molar refractivity (Wildman–Crippen MR) is 73.2 cm³/mol. The Labute approximate surface area is 126 Å². The molecule has 0 saturated carbocycles. The largest absolute Gasteiger partial charge is 0.207 e. The molecule has 2 rings (SSSR count). The molecule has 1 unspecified atom stereocenters. The van der Waals surface area contributed by atoms with Gasteiger partial charge in [-0.3, -0.25) is 0 Å². The van der Waals surface area contributed by atoms with Gasteiger partial charge in [0.25, 0.3) is 0 Å². The van der Waals surface area contributed by atoms with E-state index < -0.39 is 28.4 Å². The fraction of sp³-hybridized carbons (Fsp3) is 0.0769. The second kappa shape index (κ2) is 5.73. The fourth-order valence-corrected chi connectivity index (χ4v) is 2.90. The van der Waals surface area contributed by atoms with Gasteiger partial charge in [-0.25, -0.2) is 13.2 Å². The van der Waals surface area contributed by atoms with Crippen molar-refractivity contribution in [1.29, 1.82) is 0 Å². The molecular formula is C13H6BrCl2F3. The summed E-state index contributed by atoms with van der Waals surface area (Å²) in [5.41, 5.74) is -0.0803. The lowest BCUT2D eigenvalue weighted by Crippen LogP contribution is -2.03. The fourth-order valence-electron chi connectivity index (χ4n) is 1.66. The molecule has 19 heavy (non-hydrogen) atoms. The highest BCUT2D eigenvalue weighted by Gasteiger charge is 2.23. The van der Waals surface area contributed by atoms with Crippen LogP contribution in [0.2, 0.25) is 5.02 Å². The van der Waals surface area contributed by atoms with E-state index in [1.807, 2.05) is 0 Å². The van der Waals surface area contributed by atoms with Crippen LogP contribution in [0.5, 0.6) is 0 Å². The van der Waals surface area contributed by atoms with Gasteiger partial charge in [0.15, 0.2) is 0 Å². The molecule has 0 fully saturated rings. The van der Waals surface area contributed by atoms with E-state index in [9.17, 15) is 13.2 Å². The van der Waals surface area contributed by atoms with E-state index >= 15 is 0 Å². The van der Waals surface area contributed by atoms with Gasteiger partial charge >= 0.3 is 0 Å². The lowest BCUT2D eigenvalue weighted by molar-refractivity contribution is 0.526. The minimum Gasteiger partial charge on any atom is -0.207 e. The second-order valence-electron chi connectivity index (χ2n) is 3.81. The quantitative estimate of drug-likeness (QED) is 0.582. The van der Waals surface area contributed by atoms with E-state index in [1.54, 1.807) is 18.2 Å². The molecule has 0 amide bonds. The Morgan fingerprint density at radius 2 is 1.58 bits per heavy atom. The molecular weight excluding hydrogens is 364 g/mol. The van der Waals surface area contributed by atoms with Crippen LogP contribution in [0.4, 0.5) is 13.2 Å². The molecule has 0 aromatic heterocycles. The third kappa shape index (κ3) is 3.07. The van der Waals surface area contributed by atoms with E-state index in [0.29, 0.717) is 22.2 Å². The molecule has 0 N–H and O–H groups in total. The molecule has 0 radical (unpaired) electrons. The third-order valence-corrected chi connectivity index (χ3v) is 3.81. The van der Waals surface area contributed by atoms with E-state index in [1.165, 1.54) is 0 Å². The van der Waals surface area contributed by atoms with E-state index in [2.05, 4.69) is 15.9 Å². The lowest BCUT2D eigenvalue weighted by atomic mass is 10.0. The Kier molecular flexibility index (Phi) is 4.43. The maximum Gasteiger partial charge on any atom is 0.134 e. The number of hydrogen-bond donors (Lipinski definition) is 0. The Morgan fingerprint density at radius 1 is 1.00 bits per heavy atom. The maximum absolute atomic E-state index is 13.6. The predicted octanol–water partition coefficient (Wildman–Crippen LogP) is 5.85. The zero-order valence-corrected chi connectivity index (χ0v) is 12.3. The molecule has 0 aliphatic carbocycles. The summed E-state index contributed by atoms with van der Waals surface area (Å²) in [6.45, 7) is 0. The first kappa shape index (κ1) is 14.7. The monoisotopic (exact) mass is 368 g/mol. The topological polar surface area (TPSA) is 0 Å². The first-order valence-electron chi connectivity index (χ1n) is 5.13. The normalized spacial score (nSPS) is 12.5. The molecule has 2 aromatic carbocycles. The zero-order valence-electron chi connectivity index (χ0n) is 9.23. The number of alkyl halides is 1. The van der Waals surface area contributed by atoms with Crippen molar-refractivity contribution in [2.75, 3.05) is 0 Å². The highest BCUT2D eigenvalue weighted by Crippen LogP contribution is 2.37. The molecule has 1 atom stereocenters. The molecule has 0 aliphatic rings. The van der Waals surface area contributed by atoms with Gasteiger partial charge in [-0.15, -0.1) is 11.6 Å². The SMILES string of the molecule is Fc1cc(F)c(C(Cl)c2ccc(Br)cc2Cl)c(F)c1. The average molecular weight is 370 g/mol. The molecule has 0 bridgehead atoms. The average Bonchev–Trinajstić information content (AvgIpc) is 2.26. The van der Waals surface area contributed by atoms with E-state index in [4.69, 9.17) is 23.2 Å². The van der Waals surface area contributed by atoms with Crippen molar-refractivity contribution in [2.24, 2.45) is 0 Å². The highest BCUT2D eigenvalue weighted by atomic mass is 79.9. The molecule has 0 spiro atoms. The minimum atomic E-state index is -1.14. The van der Waals surface area contributed by atoms with Crippen LogP contribution in [-0.4, -0.2) is 0 Å². The lowest BCUT2D eigenvalue weighted by Gasteiger charge is -2.14. The Bertz CT molecular complexity index is 608. The third-order valence-electron chi connectivity index (χ3n) is 2.53. The summed E-state index contributed by atoms with van der Waals surface area (Å²) in [4.78, 5) is 0. The second-order valence-corrected chi connectivity index (χ2v) is 5.57. The smallest absolute Gasteiger partial charge is 0.134 e. The summed E-state index contributed by atoms with van der Waals surface area (Å²) in [7, 11) is 0. The number of halogens is 6. The van der Waals surface area contributed by atoms with Crippen molar-refractivity contribution in [1.82, 2.24) is 0 Å². The van der Waals surface area contributed by atoms with E-state index in [-0.39, 0.29) is 5.02 Å². The highest BCUT2D eigenvalue weighted by molar-refractivity contribution is 9.10. The van der Waals surface area contributed by atoms with Crippen LogP contribution in [0.15, 0.2) is 34.8 Å². The minimum absolute atomic E-state index is 0.262. The summed E-state index contributed by atoms with van der Waals surface area (Å²) >= 11 is 15.2. The molecule has 0 saturated heterocycles. The molecule has 6 heteroatoms. The zero-order chi connectivity index (χ0) is 14.2. The Balaban J connectivity index is 2.53. The van der Waals surface area contributed by atoms with Crippen LogP contribution in [0.3, 0.4) is 0 Å². The molecule has 0 nitrogen and oxygen atoms in total. The van der Waals surface area contributed by atoms with Gasteiger partial charge in [-0.1, -0.05) is 33.6 Å².